The van der Waals surface area contributed by atoms with Gasteiger partial charge in [0.1, 0.15) is 5.82 Å². The number of nitrogens with one attached hydrogen (secondary N) is 1. The second kappa shape index (κ2) is 7.05. The van der Waals surface area contributed by atoms with Gasteiger partial charge in [-0.1, -0.05) is 30.3 Å². The van der Waals surface area contributed by atoms with E-state index in [1.54, 1.807) is 0 Å². The lowest BCUT2D eigenvalue weighted by atomic mass is 10.1. The number of fused-ring (bicyclic) bond motifs is 1. The Hall–Kier alpha value is -3.84. The van der Waals surface area contributed by atoms with Crippen molar-refractivity contribution in [2.45, 2.75) is 6.61 Å². The highest BCUT2D eigenvalue weighted by molar-refractivity contribution is 5.92. The second-order valence-corrected chi connectivity index (χ2v) is 6.22. The Morgan fingerprint density at radius 2 is 1.50 bits per heavy atom. The Kier molecular flexibility index (Phi) is 4.42. The third-order valence-electron chi connectivity index (χ3n) is 4.37. The highest BCUT2D eigenvalue weighted by atomic mass is 16.3. The Balaban J connectivity index is 1.89. The number of rotatable bonds is 4. The number of aliphatic hydroxyl groups is 1. The molecule has 5 N–H and O–H groups in total. The first-order valence-corrected chi connectivity index (χ1v) is 8.54. The van der Waals surface area contributed by atoms with Crippen LogP contribution in [0.5, 0.6) is 17.2 Å². The summed E-state index contributed by atoms with van der Waals surface area (Å²) in [5.41, 5.74) is 2.42. The fourth-order valence-electron chi connectivity index (χ4n) is 2.94. The maximum atomic E-state index is 9.82. The first-order chi connectivity index (χ1) is 13.6. The molecule has 4 rings (SSSR count). The van der Waals surface area contributed by atoms with E-state index in [4.69, 9.17) is 0 Å². The molecule has 1 heterocycles. The van der Waals surface area contributed by atoms with Crippen LogP contribution in [0.1, 0.15) is 5.56 Å². The maximum Gasteiger partial charge on any atom is 0.200 e. The molecule has 7 heteroatoms. The van der Waals surface area contributed by atoms with Crippen LogP contribution >= 0.6 is 0 Å². The topological polar surface area (TPSA) is 119 Å². The van der Waals surface area contributed by atoms with Gasteiger partial charge in [0.05, 0.1) is 12.1 Å². The highest BCUT2D eigenvalue weighted by Crippen LogP contribution is 2.39. The van der Waals surface area contributed by atoms with Crippen molar-refractivity contribution in [1.82, 2.24) is 9.97 Å². The number of benzene rings is 3. The zero-order valence-electron chi connectivity index (χ0n) is 14.7. The van der Waals surface area contributed by atoms with Gasteiger partial charge in [0.25, 0.3) is 0 Å². The molecule has 0 saturated carbocycles. The summed E-state index contributed by atoms with van der Waals surface area (Å²) in [6, 6.07) is 17.3. The Morgan fingerprint density at radius 3 is 2.25 bits per heavy atom. The average molecular weight is 375 g/mol. The zero-order chi connectivity index (χ0) is 19.7. The van der Waals surface area contributed by atoms with Crippen molar-refractivity contribution in [2.24, 2.45) is 0 Å². The molecule has 3 aromatic carbocycles. The van der Waals surface area contributed by atoms with Crippen molar-refractivity contribution in [3.63, 3.8) is 0 Å². The van der Waals surface area contributed by atoms with Crippen molar-refractivity contribution in [1.29, 1.82) is 0 Å². The Bertz CT molecular complexity index is 1150. The molecule has 1 aromatic heterocycles. The van der Waals surface area contributed by atoms with Crippen LogP contribution in [0.2, 0.25) is 0 Å². The van der Waals surface area contributed by atoms with E-state index in [2.05, 4.69) is 15.3 Å². The molecular formula is C21H17N3O4. The molecule has 0 saturated heterocycles. The molecule has 0 unspecified atom stereocenters. The van der Waals surface area contributed by atoms with Gasteiger partial charge >= 0.3 is 0 Å². The van der Waals surface area contributed by atoms with Crippen LogP contribution < -0.4 is 5.32 Å². The molecule has 28 heavy (non-hydrogen) atoms. The number of anilines is 2. The fourth-order valence-corrected chi connectivity index (χ4v) is 2.94. The molecule has 4 aromatic rings. The van der Waals surface area contributed by atoms with E-state index < -0.39 is 17.2 Å². The van der Waals surface area contributed by atoms with E-state index in [0.717, 1.165) is 5.39 Å². The van der Waals surface area contributed by atoms with Crippen LogP contribution in [-0.4, -0.2) is 30.4 Å². The van der Waals surface area contributed by atoms with Gasteiger partial charge < -0.3 is 25.7 Å². The predicted octanol–water partition coefficient (Wildman–Crippen LogP) is 3.65. The van der Waals surface area contributed by atoms with Gasteiger partial charge in [0.15, 0.2) is 23.1 Å². The van der Waals surface area contributed by atoms with Crippen LogP contribution in [0.15, 0.2) is 60.7 Å². The van der Waals surface area contributed by atoms with E-state index >= 15 is 0 Å². The Morgan fingerprint density at radius 1 is 0.821 bits per heavy atom. The van der Waals surface area contributed by atoms with Crippen LogP contribution in [0.3, 0.4) is 0 Å². The zero-order valence-corrected chi connectivity index (χ0v) is 14.7. The maximum absolute atomic E-state index is 9.82. The monoisotopic (exact) mass is 375 g/mol. The number of hydrogen-bond acceptors (Lipinski definition) is 7. The van der Waals surface area contributed by atoms with Crippen molar-refractivity contribution in [3.05, 3.63) is 66.2 Å². The van der Waals surface area contributed by atoms with Gasteiger partial charge in [0, 0.05) is 22.2 Å². The summed E-state index contributed by atoms with van der Waals surface area (Å²) in [5, 5.41) is 42.8. The second-order valence-electron chi connectivity index (χ2n) is 6.22. The van der Waals surface area contributed by atoms with E-state index in [1.165, 1.54) is 12.1 Å². The van der Waals surface area contributed by atoms with Gasteiger partial charge in [-0.25, -0.2) is 9.97 Å². The lowest BCUT2D eigenvalue weighted by Crippen LogP contribution is -2.01. The SMILES string of the molecule is OCc1ccccc1Nc1nc(-c2cc(O)c(O)c(O)c2)nc2ccccc12. The normalized spacial score (nSPS) is 10.9. The molecule has 0 amide bonds. The van der Waals surface area contributed by atoms with Gasteiger partial charge in [-0.2, -0.15) is 0 Å². The fraction of sp³-hybridized carbons (Fsp3) is 0.0476. The molecule has 7 nitrogen and oxygen atoms in total. The first-order valence-electron chi connectivity index (χ1n) is 8.54. The summed E-state index contributed by atoms with van der Waals surface area (Å²) in [6.45, 7) is -0.126. The molecule has 0 fully saturated rings. The molecule has 0 atom stereocenters. The lowest BCUT2D eigenvalue weighted by molar-refractivity contribution is 0.282. The number of aromatic nitrogens is 2. The summed E-state index contributed by atoms with van der Waals surface area (Å²) < 4.78 is 0. The molecule has 0 aliphatic heterocycles. The van der Waals surface area contributed by atoms with Crippen molar-refractivity contribution < 1.29 is 20.4 Å². The number of nitrogens with zero attached hydrogens (tertiary/aromatic N) is 2. The summed E-state index contributed by atoms with van der Waals surface area (Å²) in [4.78, 5) is 9.04. The van der Waals surface area contributed by atoms with Crippen LogP contribution in [0.4, 0.5) is 11.5 Å². The molecule has 0 spiro atoms. The van der Waals surface area contributed by atoms with Gasteiger partial charge in [0.2, 0.25) is 0 Å². The Labute approximate surface area is 160 Å². The first kappa shape index (κ1) is 17.6. The number of aliphatic hydroxyl groups excluding tert-OH is 1. The lowest BCUT2D eigenvalue weighted by Gasteiger charge is -2.13. The smallest absolute Gasteiger partial charge is 0.200 e. The minimum absolute atomic E-state index is 0.126. The molecule has 140 valence electrons. The minimum atomic E-state index is -0.597. The van der Waals surface area contributed by atoms with Crippen molar-refractivity contribution >= 4 is 22.4 Å². The van der Waals surface area contributed by atoms with Crippen LogP contribution in [-0.2, 0) is 6.61 Å². The quantitative estimate of drug-likeness (QED) is 0.345. The van der Waals surface area contributed by atoms with Crippen LogP contribution in [0.25, 0.3) is 22.3 Å². The number of phenolic OH excluding ortho intramolecular Hbond substituents is 3. The third-order valence-corrected chi connectivity index (χ3v) is 4.37. The van der Waals surface area contributed by atoms with Gasteiger partial charge in [-0.3, -0.25) is 0 Å². The number of para-hydroxylation sites is 2. The molecular weight excluding hydrogens is 358 g/mol. The average Bonchev–Trinajstić information content (AvgIpc) is 2.72. The van der Waals surface area contributed by atoms with E-state index in [-0.39, 0.29) is 12.4 Å². The summed E-state index contributed by atoms with van der Waals surface area (Å²) in [7, 11) is 0. The number of phenols is 3. The van der Waals surface area contributed by atoms with Gasteiger partial charge in [-0.05, 0) is 30.3 Å². The molecule has 0 radical (unpaired) electrons. The van der Waals surface area contributed by atoms with Gasteiger partial charge in [-0.15, -0.1) is 0 Å². The van der Waals surface area contributed by atoms with E-state index in [9.17, 15) is 20.4 Å². The molecule has 0 bridgehead atoms. The van der Waals surface area contributed by atoms with Crippen LogP contribution in [0, 0.1) is 0 Å². The summed E-state index contributed by atoms with van der Waals surface area (Å²) in [6.07, 6.45) is 0. The predicted molar refractivity (Wildman–Crippen MR) is 106 cm³/mol. The third kappa shape index (κ3) is 3.15. The minimum Gasteiger partial charge on any atom is -0.504 e. The number of hydrogen-bond donors (Lipinski definition) is 5. The number of aromatic hydroxyl groups is 3. The molecule has 0 aliphatic rings. The largest absolute Gasteiger partial charge is 0.504 e. The van der Waals surface area contributed by atoms with E-state index in [0.29, 0.717) is 28.1 Å². The standard InChI is InChI=1S/C21H17N3O4/c25-11-12-5-1-3-7-15(12)22-21-14-6-2-4-8-16(14)23-20(24-21)13-9-17(26)19(28)18(27)10-13/h1-10,25-28H,11H2,(H,22,23,24). The summed E-state index contributed by atoms with van der Waals surface area (Å²) >= 11 is 0. The highest BCUT2D eigenvalue weighted by Gasteiger charge is 2.15. The van der Waals surface area contributed by atoms with Crippen molar-refractivity contribution in [2.75, 3.05) is 5.32 Å². The summed E-state index contributed by atoms with van der Waals surface area (Å²) in [5.74, 6) is -0.764. The van der Waals surface area contributed by atoms with E-state index in [1.807, 2.05) is 48.5 Å². The molecule has 0 aliphatic carbocycles. The van der Waals surface area contributed by atoms with Crippen molar-refractivity contribution in [3.8, 4) is 28.6 Å².